The molecule has 2 aromatic carbocycles. The summed E-state index contributed by atoms with van der Waals surface area (Å²) in [6, 6.07) is 7.60. The van der Waals surface area contributed by atoms with Crippen LogP contribution in [0.15, 0.2) is 41.3 Å². The minimum absolute atomic E-state index is 0.0173. The predicted octanol–water partition coefficient (Wildman–Crippen LogP) is 4.53. The number of carbonyl (C=O) groups is 3. The van der Waals surface area contributed by atoms with E-state index in [0.29, 0.717) is 17.3 Å². The van der Waals surface area contributed by atoms with Crippen LogP contribution in [0.1, 0.15) is 15.9 Å². The summed E-state index contributed by atoms with van der Waals surface area (Å²) in [6.07, 6.45) is 1.37. The largest absolute Gasteiger partial charge is 0.505 e. The molecule has 29 heavy (non-hydrogen) atoms. The Bertz CT molecular complexity index is 1060. The second-order valence-electron chi connectivity index (χ2n) is 5.83. The number of aromatic hydroxyl groups is 1. The van der Waals surface area contributed by atoms with Gasteiger partial charge in [-0.15, -0.1) is 0 Å². The Labute approximate surface area is 177 Å². The summed E-state index contributed by atoms with van der Waals surface area (Å²) in [4.78, 5) is 48.0. The molecule has 1 N–H and O–H groups in total. The highest BCUT2D eigenvalue weighted by Crippen LogP contribution is 2.36. The summed E-state index contributed by atoms with van der Waals surface area (Å²) in [5.41, 5.74) is 0.350. The van der Waals surface area contributed by atoms with Crippen LogP contribution in [-0.4, -0.2) is 38.4 Å². The van der Waals surface area contributed by atoms with Crippen LogP contribution in [0, 0.1) is 10.1 Å². The molecule has 0 aliphatic carbocycles. The summed E-state index contributed by atoms with van der Waals surface area (Å²) < 4.78 is 0. The van der Waals surface area contributed by atoms with Gasteiger partial charge in [0.2, 0.25) is 0 Å². The SMILES string of the molecule is O=C(CN1C(=O)S/C(=C\c2cc(Cl)c(O)c(Cl)c2)C1=O)c1ccc([N+](=O)[O-])cc1. The third-order valence-corrected chi connectivity index (χ3v) is 5.40. The predicted molar refractivity (Wildman–Crippen MR) is 108 cm³/mol. The van der Waals surface area contributed by atoms with Crippen molar-refractivity contribution in [3.63, 3.8) is 0 Å². The molecular formula is C18H10Cl2N2O6S. The number of non-ortho nitro benzene ring substituents is 1. The number of ketones is 1. The fourth-order valence-electron chi connectivity index (χ4n) is 2.46. The van der Waals surface area contributed by atoms with Crippen molar-refractivity contribution in [3.05, 3.63) is 72.6 Å². The monoisotopic (exact) mass is 452 g/mol. The van der Waals surface area contributed by atoms with E-state index in [1.165, 1.54) is 42.5 Å². The van der Waals surface area contributed by atoms with Crippen molar-refractivity contribution in [2.45, 2.75) is 0 Å². The second kappa shape index (κ2) is 8.24. The van der Waals surface area contributed by atoms with E-state index in [0.717, 1.165) is 4.90 Å². The lowest BCUT2D eigenvalue weighted by Gasteiger charge is -2.11. The average Bonchev–Trinajstić information content (AvgIpc) is 2.93. The van der Waals surface area contributed by atoms with E-state index in [9.17, 15) is 29.6 Å². The molecule has 11 heteroatoms. The number of nitro benzene ring substituents is 1. The first-order valence-electron chi connectivity index (χ1n) is 7.88. The van der Waals surface area contributed by atoms with Crippen LogP contribution in [0.25, 0.3) is 6.08 Å². The molecule has 148 valence electrons. The number of nitro groups is 1. The fourth-order valence-corrected chi connectivity index (χ4v) is 3.80. The first-order valence-corrected chi connectivity index (χ1v) is 9.45. The van der Waals surface area contributed by atoms with Crippen molar-refractivity contribution in [2.75, 3.05) is 6.54 Å². The number of phenols is 1. The van der Waals surface area contributed by atoms with Crippen LogP contribution in [0.3, 0.4) is 0 Å². The van der Waals surface area contributed by atoms with E-state index in [4.69, 9.17) is 23.2 Å². The molecule has 2 aromatic rings. The molecule has 1 aliphatic rings. The summed E-state index contributed by atoms with van der Waals surface area (Å²) in [6.45, 7) is -0.503. The molecule has 1 saturated heterocycles. The smallest absolute Gasteiger partial charge is 0.293 e. The van der Waals surface area contributed by atoms with Crippen molar-refractivity contribution in [1.29, 1.82) is 0 Å². The van der Waals surface area contributed by atoms with E-state index in [2.05, 4.69) is 0 Å². The third kappa shape index (κ3) is 4.42. The lowest BCUT2D eigenvalue weighted by Crippen LogP contribution is -2.33. The van der Waals surface area contributed by atoms with Gasteiger partial charge in [-0.25, -0.2) is 0 Å². The Balaban J connectivity index is 1.78. The Morgan fingerprint density at radius 1 is 1.17 bits per heavy atom. The minimum Gasteiger partial charge on any atom is -0.505 e. The van der Waals surface area contributed by atoms with E-state index < -0.39 is 28.4 Å². The van der Waals surface area contributed by atoms with Gasteiger partial charge in [-0.3, -0.25) is 29.4 Å². The van der Waals surface area contributed by atoms with Gasteiger partial charge in [-0.05, 0) is 47.7 Å². The number of benzene rings is 2. The molecule has 1 fully saturated rings. The van der Waals surface area contributed by atoms with Gasteiger partial charge in [-0.1, -0.05) is 23.2 Å². The molecule has 0 unspecified atom stereocenters. The van der Waals surface area contributed by atoms with E-state index >= 15 is 0 Å². The molecule has 0 atom stereocenters. The van der Waals surface area contributed by atoms with Crippen LogP contribution in [0.5, 0.6) is 5.75 Å². The Kier molecular flexibility index (Phi) is 5.92. The summed E-state index contributed by atoms with van der Waals surface area (Å²) in [5.74, 6) is -1.51. The van der Waals surface area contributed by atoms with Gasteiger partial charge in [0.25, 0.3) is 16.8 Å². The summed E-state index contributed by atoms with van der Waals surface area (Å²) >= 11 is 12.3. The maximum Gasteiger partial charge on any atom is 0.293 e. The van der Waals surface area contributed by atoms with Gasteiger partial charge in [-0.2, -0.15) is 0 Å². The lowest BCUT2D eigenvalue weighted by molar-refractivity contribution is -0.384. The highest BCUT2D eigenvalue weighted by molar-refractivity contribution is 8.18. The number of hydrogen-bond donors (Lipinski definition) is 1. The zero-order chi connectivity index (χ0) is 21.3. The van der Waals surface area contributed by atoms with Gasteiger partial charge in [0.15, 0.2) is 11.5 Å². The van der Waals surface area contributed by atoms with Gasteiger partial charge >= 0.3 is 0 Å². The molecule has 0 aromatic heterocycles. The van der Waals surface area contributed by atoms with Crippen LogP contribution < -0.4 is 0 Å². The molecule has 1 heterocycles. The standard InChI is InChI=1S/C18H10Cl2N2O6S/c19-12-5-9(6-13(20)16(12)24)7-15-17(25)21(18(26)29-15)8-14(23)10-1-3-11(4-2-10)22(27)28/h1-7,24H,8H2/b15-7-. The molecule has 1 aliphatic heterocycles. The normalized spacial score (nSPS) is 15.2. The maximum absolute atomic E-state index is 12.5. The average molecular weight is 453 g/mol. The van der Waals surface area contributed by atoms with Gasteiger partial charge < -0.3 is 5.11 Å². The zero-order valence-corrected chi connectivity index (χ0v) is 16.6. The van der Waals surface area contributed by atoms with Crippen LogP contribution >= 0.6 is 35.0 Å². The zero-order valence-electron chi connectivity index (χ0n) is 14.3. The number of phenolic OH excluding ortho intramolecular Hbond substituents is 1. The first-order chi connectivity index (χ1) is 13.7. The lowest BCUT2D eigenvalue weighted by atomic mass is 10.1. The van der Waals surface area contributed by atoms with Crippen molar-refractivity contribution >= 4 is 63.7 Å². The van der Waals surface area contributed by atoms with E-state index in [-0.39, 0.29) is 32.0 Å². The number of amides is 2. The summed E-state index contributed by atoms with van der Waals surface area (Å²) in [5, 5.41) is 19.6. The first kappa shape index (κ1) is 20.8. The number of nitrogens with zero attached hydrogens (tertiary/aromatic N) is 2. The van der Waals surface area contributed by atoms with Crippen LogP contribution in [0.4, 0.5) is 10.5 Å². The van der Waals surface area contributed by atoms with Gasteiger partial charge in [0.1, 0.15) is 0 Å². The van der Waals surface area contributed by atoms with Gasteiger partial charge in [0, 0.05) is 17.7 Å². The highest BCUT2D eigenvalue weighted by atomic mass is 35.5. The number of halogens is 2. The molecule has 0 bridgehead atoms. The van der Waals surface area contributed by atoms with Crippen LogP contribution in [0.2, 0.25) is 10.0 Å². The molecule has 0 saturated carbocycles. The summed E-state index contributed by atoms with van der Waals surface area (Å²) in [7, 11) is 0. The maximum atomic E-state index is 12.5. The number of thioether (sulfide) groups is 1. The quantitative estimate of drug-likeness (QED) is 0.306. The number of Topliss-reactive ketones (excluding diaryl/α,β-unsaturated/α-hetero) is 1. The molecule has 0 radical (unpaired) electrons. The highest BCUT2D eigenvalue weighted by Gasteiger charge is 2.36. The Hall–Kier alpha value is -2.88. The van der Waals surface area contributed by atoms with E-state index in [1.54, 1.807) is 0 Å². The van der Waals surface area contributed by atoms with E-state index in [1.807, 2.05) is 0 Å². The number of hydrogen-bond acceptors (Lipinski definition) is 7. The topological polar surface area (TPSA) is 118 Å². The van der Waals surface area contributed by atoms with Crippen molar-refractivity contribution in [3.8, 4) is 5.75 Å². The molecule has 8 nitrogen and oxygen atoms in total. The molecule has 3 rings (SSSR count). The molecule has 2 amide bonds. The molecular weight excluding hydrogens is 443 g/mol. The number of imide groups is 1. The Morgan fingerprint density at radius 2 is 1.76 bits per heavy atom. The van der Waals surface area contributed by atoms with Gasteiger partial charge in [0.05, 0.1) is 26.4 Å². The van der Waals surface area contributed by atoms with Crippen molar-refractivity contribution < 1.29 is 24.4 Å². The number of carbonyl (C=O) groups excluding carboxylic acids is 3. The minimum atomic E-state index is -0.671. The van der Waals surface area contributed by atoms with Crippen LogP contribution in [-0.2, 0) is 4.79 Å². The number of rotatable bonds is 5. The second-order valence-corrected chi connectivity index (χ2v) is 7.64. The van der Waals surface area contributed by atoms with Crippen molar-refractivity contribution in [1.82, 2.24) is 4.90 Å². The van der Waals surface area contributed by atoms with Crippen molar-refractivity contribution in [2.24, 2.45) is 0 Å². The fraction of sp³-hybridized carbons (Fsp3) is 0.0556. The third-order valence-electron chi connectivity index (χ3n) is 3.91. The molecule has 0 spiro atoms. The Morgan fingerprint density at radius 3 is 2.31 bits per heavy atom.